The third-order valence-corrected chi connectivity index (χ3v) is 55.5. The average molecular weight is 870 g/mol. The third kappa shape index (κ3) is 8.38. The second-order valence-electron chi connectivity index (χ2n) is 21.8. The average Bonchev–Trinajstić information content (AvgIpc) is 3.66. The van der Waals surface area contributed by atoms with Gasteiger partial charge in [0.1, 0.15) is 0 Å². The fraction of sp³-hybridized carbons (Fsp3) is 0.512. The van der Waals surface area contributed by atoms with E-state index in [0.717, 1.165) is 15.5 Å². The molecule has 272 valence electrons. The van der Waals surface area contributed by atoms with Gasteiger partial charge in [-0.05, 0) is 0 Å². The molecule has 0 radical (unpaired) electrons. The summed E-state index contributed by atoms with van der Waals surface area (Å²) in [4.78, 5) is 0. The van der Waals surface area contributed by atoms with Crippen molar-refractivity contribution in [2.45, 2.75) is 133 Å². The first kappa shape index (κ1) is 41.0. The molecule has 0 saturated heterocycles. The predicted molar refractivity (Wildman–Crippen MR) is 255 cm³/mol. The van der Waals surface area contributed by atoms with Crippen LogP contribution in [0.15, 0.2) is 66.7 Å². The van der Waals surface area contributed by atoms with Crippen molar-refractivity contribution in [1.29, 1.82) is 0 Å². The molecule has 0 aliphatic heterocycles. The van der Waals surface area contributed by atoms with Crippen molar-refractivity contribution in [3.8, 4) is 10.6 Å². The van der Waals surface area contributed by atoms with Crippen LogP contribution in [0.3, 0.4) is 0 Å². The van der Waals surface area contributed by atoms with E-state index >= 15 is 0 Å². The molecule has 0 saturated carbocycles. The first-order valence-corrected chi connectivity index (χ1v) is 48.3. The molecule has 0 aliphatic rings. The van der Waals surface area contributed by atoms with Gasteiger partial charge in [0.25, 0.3) is 0 Å². The van der Waals surface area contributed by atoms with E-state index in [1.165, 1.54) is 10.8 Å². The molecule has 2 atom stereocenters. The van der Waals surface area contributed by atoms with E-state index in [1.807, 2.05) is 16.4 Å². The Morgan fingerprint density at radius 3 is 1.06 bits per heavy atom. The molecule has 5 rings (SSSR count). The Hall–Kier alpha value is -0.179. The second-order valence-corrected chi connectivity index (χ2v) is 71.8. The van der Waals surface area contributed by atoms with Crippen LogP contribution in [-0.4, -0.2) is 62.0 Å². The molecule has 5 aromatic rings. The Morgan fingerprint density at radius 2 is 0.720 bits per heavy atom. The van der Waals surface area contributed by atoms with Crippen molar-refractivity contribution in [3.05, 3.63) is 83.4 Å². The maximum atomic E-state index is 2.96. The maximum absolute atomic E-state index is 2.96. The molecule has 0 aliphatic carbocycles. The molecule has 0 N–H and O–H groups in total. The molecule has 0 bridgehead atoms. The van der Waals surface area contributed by atoms with Gasteiger partial charge in [0.05, 0.1) is 0 Å². The van der Waals surface area contributed by atoms with E-state index in [-0.39, 0.29) is 11.7 Å². The number of hydrogen-bond donors (Lipinski definition) is 0. The first-order valence-electron chi connectivity index (χ1n) is 19.0. The van der Waals surface area contributed by atoms with E-state index in [0.29, 0.717) is 13.6 Å². The summed E-state index contributed by atoms with van der Waals surface area (Å²) in [5.74, 6) is -0.350. The van der Waals surface area contributed by atoms with Crippen LogP contribution < -0.4 is 0 Å². The molecule has 9 heteroatoms. The van der Waals surface area contributed by atoms with E-state index in [1.54, 1.807) is 21.6 Å². The molecule has 0 fully saturated rings. The Morgan fingerprint density at radius 1 is 0.400 bits per heavy atom. The van der Waals surface area contributed by atoms with Crippen molar-refractivity contribution in [1.82, 2.24) is 0 Å². The van der Waals surface area contributed by atoms with Crippen LogP contribution in [0.4, 0.5) is 0 Å². The van der Waals surface area contributed by atoms with Gasteiger partial charge >= 0.3 is 323 Å². The Labute approximate surface area is 320 Å². The van der Waals surface area contributed by atoms with Crippen molar-refractivity contribution in [3.63, 3.8) is 0 Å². The normalized spacial score (nSPS) is 15.1. The van der Waals surface area contributed by atoms with Gasteiger partial charge < -0.3 is 0 Å². The standard InChI is InChI=1S/C41H68P2SeSi6/c1-45(2,3)39(46(4,5)6)32-28-35(40(47(7,8)9)48(10,11)12)38(36(29-32)41(49(13,14)15)50(16,17)18)43-42(44-43)37-33-25-21-19-23-30(33)27-31-24-20-22-26-34(31)37/h19-29,39-41H,1-18H3. The van der Waals surface area contributed by atoms with Crippen LogP contribution in [0.2, 0.25) is 118 Å². The molecular weight excluding hydrogens is 802 g/mol. The number of benzene rings is 4. The number of fused-ring (bicyclic) bond motifs is 2. The molecule has 0 nitrogen and oxygen atoms in total. The monoisotopic (exact) mass is 870 g/mol. The van der Waals surface area contributed by atoms with Gasteiger partial charge in [0, 0.05) is 0 Å². The molecule has 1 aromatic heterocycles. The van der Waals surface area contributed by atoms with Crippen molar-refractivity contribution in [2.24, 2.45) is 0 Å². The van der Waals surface area contributed by atoms with Crippen molar-refractivity contribution < 1.29 is 0 Å². The fourth-order valence-electron chi connectivity index (χ4n) is 10.8. The Balaban J connectivity index is 2.00. The van der Waals surface area contributed by atoms with E-state index < -0.39 is 48.4 Å². The quantitative estimate of drug-likeness (QED) is 0.0916. The SMILES string of the molecule is C[Si](C)(C)C(c1cc(C([Si](C)(C)C)[Si](C)(C)C)c(-p2[se]p2-c2c3ccccc3cc3ccccc23)c(C([Si](C)(C)C)[Si](C)(C)C)c1)[Si](C)(C)C. The van der Waals surface area contributed by atoms with E-state index in [4.69, 9.17) is 0 Å². The summed E-state index contributed by atoms with van der Waals surface area (Å²) >= 11 is 0.673. The molecule has 0 amide bonds. The summed E-state index contributed by atoms with van der Waals surface area (Å²) in [5.41, 5.74) is 5.59. The topological polar surface area (TPSA) is 0 Å². The van der Waals surface area contributed by atoms with Crippen LogP contribution >= 0.6 is 11.7 Å². The van der Waals surface area contributed by atoms with E-state index in [2.05, 4.69) is 185 Å². The van der Waals surface area contributed by atoms with Crippen LogP contribution in [-0.2, 0) is 0 Å². The van der Waals surface area contributed by atoms with Crippen LogP contribution in [0.1, 0.15) is 32.2 Å². The van der Waals surface area contributed by atoms with Gasteiger partial charge in [-0.25, -0.2) is 0 Å². The van der Waals surface area contributed by atoms with Gasteiger partial charge in [0.2, 0.25) is 0 Å². The van der Waals surface area contributed by atoms with Crippen LogP contribution in [0.5, 0.6) is 0 Å². The summed E-state index contributed by atoms with van der Waals surface area (Å²) in [6, 6.07) is 27.1. The predicted octanol–water partition coefficient (Wildman–Crippen LogP) is 15.5. The molecular formula is C41H68P2SeSi6. The summed E-state index contributed by atoms with van der Waals surface area (Å²) < 4.78 is 0. The minimum absolute atomic E-state index is 0.174. The zero-order valence-corrected chi connectivity index (χ0v) is 44.4. The fourth-order valence-corrected chi connectivity index (χ4v) is 69.3. The van der Waals surface area contributed by atoms with Crippen LogP contribution in [0, 0.1) is 0 Å². The van der Waals surface area contributed by atoms with Crippen LogP contribution in [0.25, 0.3) is 32.2 Å². The second kappa shape index (κ2) is 13.8. The minimum atomic E-state index is -1.57. The molecule has 50 heavy (non-hydrogen) atoms. The van der Waals surface area contributed by atoms with E-state index in [9.17, 15) is 0 Å². The van der Waals surface area contributed by atoms with Gasteiger partial charge in [-0.15, -0.1) is 0 Å². The zero-order chi connectivity index (χ0) is 37.6. The molecule has 0 spiro atoms. The van der Waals surface area contributed by atoms with Gasteiger partial charge in [-0.3, -0.25) is 0 Å². The molecule has 4 aromatic carbocycles. The van der Waals surface area contributed by atoms with Crippen molar-refractivity contribution >= 4 is 95.3 Å². The summed E-state index contributed by atoms with van der Waals surface area (Å²) in [5, 5.41) is 12.0. The molecule has 2 unspecified atom stereocenters. The zero-order valence-electron chi connectivity index (χ0n) is 34.9. The van der Waals surface area contributed by atoms with Gasteiger partial charge in [-0.1, -0.05) is 0 Å². The van der Waals surface area contributed by atoms with Crippen molar-refractivity contribution in [2.75, 3.05) is 0 Å². The molecule has 1 heterocycles. The third-order valence-electron chi connectivity index (χ3n) is 10.8. The van der Waals surface area contributed by atoms with Gasteiger partial charge in [0.15, 0.2) is 0 Å². The van der Waals surface area contributed by atoms with Gasteiger partial charge in [-0.2, -0.15) is 0 Å². The first-order chi connectivity index (χ1) is 22.6. The Bertz CT molecular complexity index is 1840. The number of rotatable bonds is 11. The summed E-state index contributed by atoms with van der Waals surface area (Å²) in [7, 11) is -9.27. The number of hydrogen-bond acceptors (Lipinski definition) is 0. The Kier molecular flexibility index (Phi) is 11.3. The summed E-state index contributed by atoms with van der Waals surface area (Å²) in [6.07, 6.45) is 0. The summed E-state index contributed by atoms with van der Waals surface area (Å²) in [6.45, 7) is 48.8.